The summed E-state index contributed by atoms with van der Waals surface area (Å²) in [6.45, 7) is 4.39. The number of aliphatic carboxylic acids is 1. The first-order valence-corrected chi connectivity index (χ1v) is 16.8. The molecule has 4 nitrogen and oxygen atoms in total. The van der Waals surface area contributed by atoms with Crippen LogP contribution in [0.25, 0.3) is 0 Å². The van der Waals surface area contributed by atoms with Gasteiger partial charge in [0.25, 0.3) is 0 Å². The number of hydrogen-bond donors (Lipinski definition) is 1. The van der Waals surface area contributed by atoms with Crippen LogP contribution in [0.5, 0.6) is 0 Å². The van der Waals surface area contributed by atoms with Gasteiger partial charge in [-0.25, -0.2) is 0 Å². The highest BCUT2D eigenvalue weighted by Crippen LogP contribution is 2.18. The number of hydrogen-bond acceptors (Lipinski definition) is 3. The number of allylic oxidation sites excluding steroid dienone is 10. The zero-order valence-corrected chi connectivity index (χ0v) is 26.6. The van der Waals surface area contributed by atoms with Crippen LogP contribution in [0.15, 0.2) is 60.8 Å². The van der Waals surface area contributed by atoms with E-state index < -0.39 is 5.97 Å². The molecular formula is C37H62O4. The summed E-state index contributed by atoms with van der Waals surface area (Å²) in [6.07, 6.45) is 43.7. The smallest absolute Gasteiger partial charge is 0.306 e. The van der Waals surface area contributed by atoms with Crippen LogP contribution in [0, 0.1) is 0 Å². The van der Waals surface area contributed by atoms with Gasteiger partial charge in [-0.2, -0.15) is 0 Å². The van der Waals surface area contributed by atoms with Gasteiger partial charge in [-0.05, 0) is 77.0 Å². The Labute approximate surface area is 253 Å². The Bertz CT molecular complexity index is 744. The number of ether oxygens (including phenoxy) is 1. The molecule has 0 rings (SSSR count). The summed E-state index contributed by atoms with van der Waals surface area (Å²) < 4.78 is 5.89. The van der Waals surface area contributed by atoms with E-state index >= 15 is 0 Å². The number of carbonyl (C=O) groups is 2. The molecule has 1 N–H and O–H groups in total. The predicted molar refractivity (Wildman–Crippen MR) is 176 cm³/mol. The second kappa shape index (κ2) is 32.2. The Hall–Kier alpha value is -2.36. The minimum atomic E-state index is -0.722. The average Bonchev–Trinajstić information content (AvgIpc) is 2.95. The summed E-state index contributed by atoms with van der Waals surface area (Å²) in [6, 6.07) is 0. The van der Waals surface area contributed by atoms with Gasteiger partial charge >= 0.3 is 11.9 Å². The van der Waals surface area contributed by atoms with Gasteiger partial charge < -0.3 is 9.84 Å². The van der Waals surface area contributed by atoms with Gasteiger partial charge in [0.2, 0.25) is 0 Å². The minimum absolute atomic E-state index is 0.00585. The van der Waals surface area contributed by atoms with Crippen molar-refractivity contribution in [3.8, 4) is 0 Å². The first kappa shape index (κ1) is 38.6. The topological polar surface area (TPSA) is 63.6 Å². The minimum Gasteiger partial charge on any atom is -0.481 e. The molecule has 0 aromatic carbocycles. The Balaban J connectivity index is 4.10. The highest BCUT2D eigenvalue weighted by atomic mass is 16.5. The average molecular weight is 571 g/mol. The van der Waals surface area contributed by atoms with E-state index in [0.717, 1.165) is 89.9 Å². The maximum atomic E-state index is 12.5. The molecule has 0 aliphatic rings. The lowest BCUT2D eigenvalue weighted by Crippen LogP contribution is -2.18. The summed E-state index contributed by atoms with van der Waals surface area (Å²) in [7, 11) is 0. The van der Waals surface area contributed by atoms with E-state index in [2.05, 4.69) is 74.6 Å². The number of carbonyl (C=O) groups excluding carboxylic acids is 1. The van der Waals surface area contributed by atoms with Crippen molar-refractivity contribution in [1.29, 1.82) is 0 Å². The quantitative estimate of drug-likeness (QED) is 0.0552. The van der Waals surface area contributed by atoms with Crippen LogP contribution >= 0.6 is 0 Å². The van der Waals surface area contributed by atoms with Crippen molar-refractivity contribution in [1.82, 2.24) is 0 Å². The van der Waals surface area contributed by atoms with Gasteiger partial charge in [0.05, 0.1) is 0 Å². The zero-order chi connectivity index (χ0) is 30.1. The molecule has 0 bridgehead atoms. The van der Waals surface area contributed by atoms with E-state index in [1.165, 1.54) is 38.5 Å². The monoisotopic (exact) mass is 570 g/mol. The maximum Gasteiger partial charge on any atom is 0.306 e. The first-order valence-electron chi connectivity index (χ1n) is 16.8. The molecule has 1 atom stereocenters. The van der Waals surface area contributed by atoms with Gasteiger partial charge in [-0.3, -0.25) is 9.59 Å². The Kier molecular flexibility index (Phi) is 30.3. The van der Waals surface area contributed by atoms with E-state index in [-0.39, 0.29) is 18.5 Å². The molecule has 234 valence electrons. The third-order valence-electron chi connectivity index (χ3n) is 7.00. The van der Waals surface area contributed by atoms with Crippen LogP contribution < -0.4 is 0 Å². The normalized spacial score (nSPS) is 13.0. The van der Waals surface area contributed by atoms with Crippen molar-refractivity contribution in [3.63, 3.8) is 0 Å². The molecule has 0 aromatic heterocycles. The SMILES string of the molecule is CC/C=C\C/C=C\C/C=C\C/C=C\C/C=C\CCCC(=O)OC(CCCCCCCCC)CCCCCCC(=O)O. The van der Waals surface area contributed by atoms with Crippen LogP contribution in [0.4, 0.5) is 0 Å². The van der Waals surface area contributed by atoms with Gasteiger partial charge in [-0.15, -0.1) is 0 Å². The molecular weight excluding hydrogens is 508 g/mol. The molecule has 1 unspecified atom stereocenters. The predicted octanol–water partition coefficient (Wildman–Crippen LogP) is 11.4. The van der Waals surface area contributed by atoms with Crippen LogP contribution in [0.2, 0.25) is 0 Å². The lowest BCUT2D eigenvalue weighted by atomic mass is 10.0. The Morgan fingerprint density at radius 2 is 1.02 bits per heavy atom. The van der Waals surface area contributed by atoms with Crippen molar-refractivity contribution >= 4 is 11.9 Å². The largest absolute Gasteiger partial charge is 0.481 e. The van der Waals surface area contributed by atoms with Crippen molar-refractivity contribution in [2.45, 2.75) is 161 Å². The number of esters is 1. The number of carboxylic acid groups (broad SMARTS) is 1. The number of unbranched alkanes of at least 4 members (excludes halogenated alkanes) is 10. The summed E-state index contributed by atoms with van der Waals surface area (Å²) in [5, 5.41) is 8.79. The third-order valence-corrected chi connectivity index (χ3v) is 7.00. The highest BCUT2D eigenvalue weighted by molar-refractivity contribution is 5.69. The zero-order valence-electron chi connectivity index (χ0n) is 26.6. The maximum absolute atomic E-state index is 12.5. The molecule has 0 fully saturated rings. The van der Waals surface area contributed by atoms with E-state index in [4.69, 9.17) is 9.84 Å². The first-order chi connectivity index (χ1) is 20.1. The van der Waals surface area contributed by atoms with E-state index in [0.29, 0.717) is 6.42 Å². The molecule has 0 saturated heterocycles. The lowest BCUT2D eigenvalue weighted by molar-refractivity contribution is -0.150. The molecule has 0 spiro atoms. The van der Waals surface area contributed by atoms with Crippen LogP contribution in [0.3, 0.4) is 0 Å². The fourth-order valence-electron chi connectivity index (χ4n) is 4.57. The molecule has 0 amide bonds. The molecule has 4 heteroatoms. The Morgan fingerprint density at radius 3 is 1.54 bits per heavy atom. The number of carboxylic acids is 1. The molecule has 0 saturated carbocycles. The van der Waals surface area contributed by atoms with Gasteiger partial charge in [0.15, 0.2) is 0 Å². The molecule has 0 heterocycles. The second-order valence-electron chi connectivity index (χ2n) is 11.0. The summed E-state index contributed by atoms with van der Waals surface area (Å²) in [5.41, 5.74) is 0. The summed E-state index contributed by atoms with van der Waals surface area (Å²) in [5.74, 6) is -0.795. The van der Waals surface area contributed by atoms with Crippen molar-refractivity contribution in [3.05, 3.63) is 60.8 Å². The van der Waals surface area contributed by atoms with Gasteiger partial charge in [0.1, 0.15) is 6.10 Å². The van der Waals surface area contributed by atoms with Crippen molar-refractivity contribution < 1.29 is 19.4 Å². The van der Waals surface area contributed by atoms with Gasteiger partial charge in [-0.1, -0.05) is 126 Å². The number of rotatable bonds is 29. The van der Waals surface area contributed by atoms with Crippen LogP contribution in [-0.4, -0.2) is 23.1 Å². The lowest BCUT2D eigenvalue weighted by Gasteiger charge is -2.18. The van der Waals surface area contributed by atoms with E-state index in [9.17, 15) is 9.59 Å². The van der Waals surface area contributed by atoms with Crippen molar-refractivity contribution in [2.75, 3.05) is 0 Å². The molecule has 0 aliphatic heterocycles. The summed E-state index contributed by atoms with van der Waals surface area (Å²) >= 11 is 0. The standard InChI is InChI=1S/C37H62O4/c1-3-5-7-9-11-12-13-14-15-16-17-18-19-20-22-24-30-34-37(40)41-35(31-27-23-21-10-8-6-4-2)32-28-25-26-29-33-36(38)39/h5,7,11-12,14-15,17-18,20,22,35H,3-4,6,8-10,13,16,19,21,23-34H2,1-2H3,(H,38,39)/b7-5-,12-11-,15-14-,18-17-,22-20-. The van der Waals surface area contributed by atoms with Gasteiger partial charge in [0, 0.05) is 12.8 Å². The fraction of sp³-hybridized carbons (Fsp3) is 0.676. The van der Waals surface area contributed by atoms with Crippen LogP contribution in [-0.2, 0) is 14.3 Å². The van der Waals surface area contributed by atoms with Crippen LogP contribution in [0.1, 0.15) is 155 Å². The fourth-order valence-corrected chi connectivity index (χ4v) is 4.57. The Morgan fingerprint density at radius 1 is 0.561 bits per heavy atom. The van der Waals surface area contributed by atoms with E-state index in [1.54, 1.807) is 0 Å². The molecule has 0 aliphatic carbocycles. The van der Waals surface area contributed by atoms with E-state index in [1.807, 2.05) is 0 Å². The molecule has 0 radical (unpaired) electrons. The molecule has 0 aromatic rings. The second-order valence-corrected chi connectivity index (χ2v) is 11.0. The summed E-state index contributed by atoms with van der Waals surface area (Å²) in [4.78, 5) is 23.2. The molecule has 41 heavy (non-hydrogen) atoms. The van der Waals surface area contributed by atoms with Crippen molar-refractivity contribution in [2.24, 2.45) is 0 Å². The highest BCUT2D eigenvalue weighted by Gasteiger charge is 2.14. The third kappa shape index (κ3) is 32.0.